The van der Waals surface area contributed by atoms with Crippen molar-refractivity contribution in [3.8, 4) is 0 Å². The van der Waals surface area contributed by atoms with Crippen molar-refractivity contribution in [2.45, 2.75) is 32.4 Å². The molecule has 0 radical (unpaired) electrons. The highest BCUT2D eigenvalue weighted by Gasteiger charge is 2.29. The zero-order valence-corrected chi connectivity index (χ0v) is 17.0. The third-order valence-electron chi connectivity index (χ3n) is 4.94. The first kappa shape index (κ1) is 18.8. The summed E-state index contributed by atoms with van der Waals surface area (Å²) in [5, 5.41) is 3.29. The van der Waals surface area contributed by atoms with Crippen molar-refractivity contribution in [1.82, 2.24) is 19.9 Å². The second-order valence-electron chi connectivity index (χ2n) is 6.99. The van der Waals surface area contributed by atoms with Gasteiger partial charge in [0.05, 0.1) is 28.1 Å². The van der Waals surface area contributed by atoms with Gasteiger partial charge in [0.25, 0.3) is 5.91 Å². The van der Waals surface area contributed by atoms with Gasteiger partial charge in [-0.3, -0.25) is 9.78 Å². The molecule has 0 aliphatic carbocycles. The SMILES string of the molecule is CO[C@@H]1CCN(C(=O)c2nc(N[C@@H](C)c3ccccn3)nc3cc(C)sc23)C1. The Kier molecular flexibility index (Phi) is 5.23. The molecule has 0 bridgehead atoms. The Labute approximate surface area is 167 Å². The van der Waals surface area contributed by atoms with E-state index in [0.29, 0.717) is 24.7 Å². The van der Waals surface area contributed by atoms with Crippen LogP contribution in [0.5, 0.6) is 0 Å². The molecule has 3 aromatic rings. The number of aromatic nitrogens is 3. The number of hydrogen-bond acceptors (Lipinski definition) is 7. The predicted octanol–water partition coefficient (Wildman–Crippen LogP) is 3.43. The van der Waals surface area contributed by atoms with Crippen LogP contribution in [0.4, 0.5) is 5.95 Å². The maximum atomic E-state index is 13.2. The van der Waals surface area contributed by atoms with E-state index in [9.17, 15) is 4.79 Å². The molecule has 0 saturated carbocycles. The first-order valence-corrected chi connectivity index (χ1v) is 10.1. The van der Waals surface area contributed by atoms with E-state index >= 15 is 0 Å². The highest BCUT2D eigenvalue weighted by molar-refractivity contribution is 7.19. The molecule has 28 heavy (non-hydrogen) atoms. The lowest BCUT2D eigenvalue weighted by atomic mass is 10.2. The molecular formula is C20H23N5O2S. The maximum Gasteiger partial charge on any atom is 0.274 e. The molecule has 2 atom stereocenters. The van der Waals surface area contributed by atoms with Gasteiger partial charge in [-0.2, -0.15) is 0 Å². The number of carbonyl (C=O) groups is 1. The molecule has 8 heteroatoms. The summed E-state index contributed by atoms with van der Waals surface area (Å²) < 4.78 is 6.23. The fourth-order valence-corrected chi connectivity index (χ4v) is 4.34. The molecule has 1 aliphatic heterocycles. The summed E-state index contributed by atoms with van der Waals surface area (Å²) in [7, 11) is 1.69. The van der Waals surface area contributed by atoms with E-state index in [0.717, 1.165) is 27.2 Å². The number of fused-ring (bicyclic) bond motifs is 1. The molecule has 4 rings (SSSR count). The molecule has 4 heterocycles. The molecule has 3 aromatic heterocycles. The first-order valence-electron chi connectivity index (χ1n) is 9.33. The van der Waals surface area contributed by atoms with Crippen molar-refractivity contribution in [2.75, 3.05) is 25.5 Å². The molecule has 1 N–H and O–H groups in total. The monoisotopic (exact) mass is 397 g/mol. The van der Waals surface area contributed by atoms with Crippen LogP contribution in [0.15, 0.2) is 30.5 Å². The Morgan fingerprint density at radius 1 is 1.39 bits per heavy atom. The molecule has 0 unspecified atom stereocenters. The number of nitrogens with one attached hydrogen (secondary N) is 1. The number of likely N-dealkylation sites (tertiary alicyclic amines) is 1. The van der Waals surface area contributed by atoms with E-state index in [-0.39, 0.29) is 18.1 Å². The third-order valence-corrected chi connectivity index (χ3v) is 5.99. The summed E-state index contributed by atoms with van der Waals surface area (Å²) in [6.07, 6.45) is 2.70. The molecule has 7 nitrogen and oxygen atoms in total. The number of aryl methyl sites for hydroxylation is 1. The van der Waals surface area contributed by atoms with Gasteiger partial charge in [0.1, 0.15) is 0 Å². The van der Waals surface area contributed by atoms with Crippen LogP contribution in [0, 0.1) is 6.92 Å². The zero-order valence-electron chi connectivity index (χ0n) is 16.2. The summed E-state index contributed by atoms with van der Waals surface area (Å²) in [6.45, 7) is 5.29. The van der Waals surface area contributed by atoms with Crippen LogP contribution in [-0.2, 0) is 4.74 Å². The van der Waals surface area contributed by atoms with Crippen LogP contribution in [0.25, 0.3) is 10.2 Å². The van der Waals surface area contributed by atoms with E-state index < -0.39 is 0 Å². The van der Waals surface area contributed by atoms with Gasteiger partial charge in [-0.05, 0) is 38.5 Å². The van der Waals surface area contributed by atoms with E-state index in [1.54, 1.807) is 24.6 Å². The highest BCUT2D eigenvalue weighted by atomic mass is 32.1. The minimum Gasteiger partial charge on any atom is -0.380 e. The standard InChI is InChI=1S/C20H23N5O2S/c1-12-10-16-18(28-12)17(19(26)25-9-7-14(11-25)27-3)24-20(23-16)22-13(2)15-6-4-5-8-21-15/h4-6,8,10,13-14H,7,9,11H2,1-3H3,(H,22,23,24)/t13-,14+/m0/s1. The lowest BCUT2D eigenvalue weighted by molar-refractivity contribution is 0.0721. The number of ether oxygens (including phenoxy) is 1. The van der Waals surface area contributed by atoms with Crippen molar-refractivity contribution < 1.29 is 9.53 Å². The Hall–Kier alpha value is -2.58. The molecule has 0 spiro atoms. The molecular weight excluding hydrogens is 374 g/mol. The van der Waals surface area contributed by atoms with E-state index in [1.165, 1.54) is 0 Å². The molecule has 1 aliphatic rings. The first-order chi connectivity index (χ1) is 13.5. The van der Waals surface area contributed by atoms with Gasteiger partial charge in [0, 0.05) is 31.3 Å². The third kappa shape index (κ3) is 3.70. The average Bonchev–Trinajstić information content (AvgIpc) is 3.33. The van der Waals surface area contributed by atoms with Crippen molar-refractivity contribution in [3.63, 3.8) is 0 Å². The zero-order chi connectivity index (χ0) is 19.7. The number of rotatable bonds is 5. The van der Waals surface area contributed by atoms with Gasteiger partial charge in [0.15, 0.2) is 5.69 Å². The Bertz CT molecular complexity index is 991. The Balaban J connectivity index is 1.66. The molecule has 1 fully saturated rings. The number of amides is 1. The van der Waals surface area contributed by atoms with Crippen molar-refractivity contribution in [1.29, 1.82) is 0 Å². The summed E-state index contributed by atoms with van der Waals surface area (Å²) in [4.78, 5) is 29.7. The van der Waals surface area contributed by atoms with Gasteiger partial charge in [-0.1, -0.05) is 6.07 Å². The van der Waals surface area contributed by atoms with Crippen LogP contribution in [0.1, 0.15) is 40.4 Å². The van der Waals surface area contributed by atoms with Gasteiger partial charge in [-0.15, -0.1) is 11.3 Å². The van der Waals surface area contributed by atoms with Gasteiger partial charge >= 0.3 is 0 Å². The van der Waals surface area contributed by atoms with E-state index in [1.807, 2.05) is 43.0 Å². The predicted molar refractivity (Wildman–Crippen MR) is 110 cm³/mol. The van der Waals surface area contributed by atoms with Crippen LogP contribution in [-0.4, -0.2) is 52.1 Å². The quantitative estimate of drug-likeness (QED) is 0.710. The summed E-state index contributed by atoms with van der Waals surface area (Å²) in [5.41, 5.74) is 2.14. The van der Waals surface area contributed by atoms with E-state index in [4.69, 9.17) is 4.74 Å². The number of thiophene rings is 1. The van der Waals surface area contributed by atoms with E-state index in [2.05, 4.69) is 20.3 Å². The smallest absolute Gasteiger partial charge is 0.274 e. The van der Waals surface area contributed by atoms with Gasteiger partial charge in [0.2, 0.25) is 5.95 Å². The highest BCUT2D eigenvalue weighted by Crippen LogP contribution is 2.29. The molecule has 146 valence electrons. The van der Waals surface area contributed by atoms with Crippen LogP contribution < -0.4 is 5.32 Å². The number of nitrogens with zero attached hydrogens (tertiary/aromatic N) is 4. The van der Waals surface area contributed by atoms with Gasteiger partial charge in [-0.25, -0.2) is 9.97 Å². The fourth-order valence-electron chi connectivity index (χ4n) is 3.41. The second kappa shape index (κ2) is 7.81. The van der Waals surface area contributed by atoms with Crippen molar-refractivity contribution in [3.05, 3.63) is 46.7 Å². The van der Waals surface area contributed by atoms with Crippen LogP contribution in [0.2, 0.25) is 0 Å². The fraction of sp³-hybridized carbons (Fsp3) is 0.400. The van der Waals surface area contributed by atoms with Gasteiger partial charge < -0.3 is 15.0 Å². The largest absolute Gasteiger partial charge is 0.380 e. The summed E-state index contributed by atoms with van der Waals surface area (Å²) in [5.74, 6) is 0.372. The minimum atomic E-state index is -0.0778. The lowest BCUT2D eigenvalue weighted by Gasteiger charge is -2.17. The Morgan fingerprint density at radius 2 is 2.25 bits per heavy atom. The number of pyridine rings is 1. The molecule has 1 amide bonds. The number of carbonyl (C=O) groups excluding carboxylic acids is 1. The maximum absolute atomic E-state index is 13.2. The van der Waals surface area contributed by atoms with Crippen LogP contribution in [0.3, 0.4) is 0 Å². The Morgan fingerprint density at radius 3 is 2.96 bits per heavy atom. The normalized spacial score (nSPS) is 17.8. The topological polar surface area (TPSA) is 80.2 Å². The summed E-state index contributed by atoms with van der Waals surface area (Å²) >= 11 is 1.55. The minimum absolute atomic E-state index is 0.0673. The number of anilines is 1. The second-order valence-corrected chi connectivity index (χ2v) is 8.24. The number of methoxy groups -OCH3 is 1. The summed E-state index contributed by atoms with van der Waals surface area (Å²) in [6, 6.07) is 7.70. The molecule has 0 aromatic carbocycles. The van der Waals surface area contributed by atoms with Crippen molar-refractivity contribution in [2.24, 2.45) is 0 Å². The average molecular weight is 398 g/mol. The van der Waals surface area contributed by atoms with Crippen LogP contribution >= 0.6 is 11.3 Å². The van der Waals surface area contributed by atoms with Crippen molar-refractivity contribution >= 4 is 33.4 Å². The lowest BCUT2D eigenvalue weighted by Crippen LogP contribution is -2.31. The number of hydrogen-bond donors (Lipinski definition) is 1. The molecule has 1 saturated heterocycles.